The molecule has 0 aliphatic heterocycles. The van der Waals surface area contributed by atoms with Gasteiger partial charge in [-0.05, 0) is 35.9 Å². The van der Waals surface area contributed by atoms with Crippen LogP contribution in [0.5, 0.6) is 0 Å². The Labute approximate surface area is 126 Å². The first kappa shape index (κ1) is 13.5. The Kier molecular flexibility index (Phi) is 3.79. The first-order valence-electron chi connectivity index (χ1n) is 6.46. The van der Waals surface area contributed by atoms with E-state index in [1.165, 1.54) is 0 Å². The number of carbonyl (C=O) groups excluding carboxylic acids is 1. The molecule has 1 amide bonds. The first-order chi connectivity index (χ1) is 10.2. The molecule has 4 nitrogen and oxygen atoms in total. The SMILES string of the molecule is O=C(NCc1ccc(Cl)cc1)c1ccc2nccnc2c1. The van der Waals surface area contributed by atoms with Gasteiger partial charge in [-0.25, -0.2) is 0 Å². The van der Waals surface area contributed by atoms with Crippen LogP contribution in [0.2, 0.25) is 5.02 Å². The van der Waals surface area contributed by atoms with Crippen LogP contribution < -0.4 is 5.32 Å². The standard InChI is InChI=1S/C16H12ClN3O/c17-13-4-1-11(2-5-13)10-20-16(21)12-3-6-14-15(9-12)19-8-7-18-14/h1-9H,10H2,(H,20,21). The van der Waals surface area contributed by atoms with Gasteiger partial charge in [-0.1, -0.05) is 23.7 Å². The monoisotopic (exact) mass is 297 g/mol. The Balaban J connectivity index is 1.73. The highest BCUT2D eigenvalue weighted by molar-refractivity contribution is 6.30. The molecule has 21 heavy (non-hydrogen) atoms. The van der Waals surface area contributed by atoms with Gasteiger partial charge in [0.25, 0.3) is 5.91 Å². The lowest BCUT2D eigenvalue weighted by atomic mass is 10.1. The molecule has 1 aromatic heterocycles. The molecule has 0 fully saturated rings. The first-order valence-corrected chi connectivity index (χ1v) is 6.83. The number of hydrogen-bond acceptors (Lipinski definition) is 3. The van der Waals surface area contributed by atoms with Crippen molar-refractivity contribution in [2.24, 2.45) is 0 Å². The third-order valence-electron chi connectivity index (χ3n) is 3.10. The van der Waals surface area contributed by atoms with Gasteiger partial charge in [-0.15, -0.1) is 0 Å². The number of fused-ring (bicyclic) bond motifs is 1. The van der Waals surface area contributed by atoms with Crippen molar-refractivity contribution in [2.75, 3.05) is 0 Å². The molecule has 0 saturated heterocycles. The van der Waals surface area contributed by atoms with E-state index in [1.807, 2.05) is 12.1 Å². The maximum absolute atomic E-state index is 12.1. The van der Waals surface area contributed by atoms with Gasteiger partial charge in [0.1, 0.15) is 0 Å². The molecule has 0 spiro atoms. The molecule has 3 rings (SSSR count). The summed E-state index contributed by atoms with van der Waals surface area (Å²) in [7, 11) is 0. The topological polar surface area (TPSA) is 54.9 Å². The van der Waals surface area contributed by atoms with Gasteiger partial charge in [0.15, 0.2) is 0 Å². The zero-order chi connectivity index (χ0) is 14.7. The molecule has 0 radical (unpaired) electrons. The third-order valence-corrected chi connectivity index (χ3v) is 3.35. The minimum Gasteiger partial charge on any atom is -0.348 e. The second-order valence-electron chi connectivity index (χ2n) is 4.57. The van der Waals surface area contributed by atoms with Gasteiger partial charge < -0.3 is 5.32 Å². The quantitative estimate of drug-likeness (QED) is 0.807. The molecular weight excluding hydrogens is 286 g/mol. The molecule has 2 aromatic carbocycles. The van der Waals surface area contributed by atoms with Crippen molar-refractivity contribution >= 4 is 28.5 Å². The normalized spacial score (nSPS) is 10.5. The smallest absolute Gasteiger partial charge is 0.251 e. The Hall–Kier alpha value is -2.46. The van der Waals surface area contributed by atoms with Crippen LogP contribution in [0.25, 0.3) is 11.0 Å². The molecular formula is C16H12ClN3O. The lowest BCUT2D eigenvalue weighted by Crippen LogP contribution is -2.22. The van der Waals surface area contributed by atoms with Crippen molar-refractivity contribution in [3.63, 3.8) is 0 Å². The molecule has 0 aliphatic carbocycles. The fraction of sp³-hybridized carbons (Fsp3) is 0.0625. The van der Waals surface area contributed by atoms with Crippen molar-refractivity contribution in [2.45, 2.75) is 6.54 Å². The number of benzene rings is 2. The Morgan fingerprint density at radius 1 is 1.00 bits per heavy atom. The molecule has 0 aliphatic rings. The molecule has 0 saturated carbocycles. The summed E-state index contributed by atoms with van der Waals surface area (Å²) in [5, 5.41) is 3.55. The summed E-state index contributed by atoms with van der Waals surface area (Å²) in [6.45, 7) is 0.453. The van der Waals surface area contributed by atoms with Crippen molar-refractivity contribution in [3.05, 3.63) is 71.0 Å². The summed E-state index contributed by atoms with van der Waals surface area (Å²) in [5.41, 5.74) is 3.04. The summed E-state index contributed by atoms with van der Waals surface area (Å²) in [4.78, 5) is 20.5. The molecule has 0 bridgehead atoms. The highest BCUT2D eigenvalue weighted by Crippen LogP contribution is 2.12. The highest BCUT2D eigenvalue weighted by atomic mass is 35.5. The molecule has 0 unspecified atom stereocenters. The average molecular weight is 298 g/mol. The van der Waals surface area contributed by atoms with E-state index in [9.17, 15) is 4.79 Å². The number of aromatic nitrogens is 2. The van der Waals surface area contributed by atoms with Crippen molar-refractivity contribution in [1.29, 1.82) is 0 Å². The summed E-state index contributed by atoms with van der Waals surface area (Å²) >= 11 is 5.83. The van der Waals surface area contributed by atoms with Crippen LogP contribution in [-0.2, 0) is 6.54 Å². The van der Waals surface area contributed by atoms with E-state index >= 15 is 0 Å². The predicted octanol–water partition coefficient (Wildman–Crippen LogP) is 3.21. The summed E-state index contributed by atoms with van der Waals surface area (Å²) in [6, 6.07) is 12.6. The minimum absolute atomic E-state index is 0.141. The zero-order valence-corrected chi connectivity index (χ0v) is 11.8. The van der Waals surface area contributed by atoms with Gasteiger partial charge in [0, 0.05) is 29.5 Å². The van der Waals surface area contributed by atoms with E-state index < -0.39 is 0 Å². The third kappa shape index (κ3) is 3.17. The van der Waals surface area contributed by atoms with E-state index in [4.69, 9.17) is 11.6 Å². The number of nitrogens with zero attached hydrogens (tertiary/aromatic N) is 2. The second-order valence-corrected chi connectivity index (χ2v) is 5.01. The van der Waals surface area contributed by atoms with E-state index in [0.717, 1.165) is 11.1 Å². The van der Waals surface area contributed by atoms with E-state index in [2.05, 4.69) is 15.3 Å². The fourth-order valence-electron chi connectivity index (χ4n) is 1.99. The van der Waals surface area contributed by atoms with Gasteiger partial charge >= 0.3 is 0 Å². The number of nitrogens with one attached hydrogen (secondary N) is 1. The minimum atomic E-state index is -0.141. The Bertz CT molecular complexity index is 787. The lowest BCUT2D eigenvalue weighted by molar-refractivity contribution is 0.0951. The summed E-state index contributed by atoms with van der Waals surface area (Å²) < 4.78 is 0. The van der Waals surface area contributed by atoms with Gasteiger partial charge in [-0.3, -0.25) is 14.8 Å². The molecule has 1 heterocycles. The number of amides is 1. The Morgan fingerprint density at radius 3 is 2.48 bits per heavy atom. The fourth-order valence-corrected chi connectivity index (χ4v) is 2.12. The van der Waals surface area contributed by atoms with E-state index in [1.54, 1.807) is 42.7 Å². The number of carbonyl (C=O) groups is 1. The van der Waals surface area contributed by atoms with Crippen LogP contribution in [0.3, 0.4) is 0 Å². The van der Waals surface area contributed by atoms with Crippen molar-refractivity contribution in [3.8, 4) is 0 Å². The summed E-state index contributed by atoms with van der Waals surface area (Å²) in [5.74, 6) is -0.141. The van der Waals surface area contributed by atoms with Crippen LogP contribution >= 0.6 is 11.6 Å². The Morgan fingerprint density at radius 2 is 1.71 bits per heavy atom. The molecule has 104 valence electrons. The van der Waals surface area contributed by atoms with Gasteiger partial charge in [0.2, 0.25) is 0 Å². The average Bonchev–Trinajstić information content (AvgIpc) is 2.53. The molecule has 0 atom stereocenters. The molecule has 1 N–H and O–H groups in total. The van der Waals surface area contributed by atoms with Gasteiger partial charge in [-0.2, -0.15) is 0 Å². The largest absolute Gasteiger partial charge is 0.348 e. The highest BCUT2D eigenvalue weighted by Gasteiger charge is 2.07. The molecule has 5 heteroatoms. The van der Waals surface area contributed by atoms with E-state index in [-0.39, 0.29) is 5.91 Å². The van der Waals surface area contributed by atoms with Gasteiger partial charge in [0.05, 0.1) is 11.0 Å². The van der Waals surface area contributed by atoms with E-state index in [0.29, 0.717) is 22.6 Å². The maximum Gasteiger partial charge on any atom is 0.251 e. The van der Waals surface area contributed by atoms with Crippen molar-refractivity contribution in [1.82, 2.24) is 15.3 Å². The predicted molar refractivity (Wildman–Crippen MR) is 82.2 cm³/mol. The number of rotatable bonds is 3. The van der Waals surface area contributed by atoms with Crippen molar-refractivity contribution < 1.29 is 4.79 Å². The number of halogens is 1. The molecule has 3 aromatic rings. The van der Waals surface area contributed by atoms with Crippen LogP contribution in [0.4, 0.5) is 0 Å². The van der Waals surface area contributed by atoms with Crippen LogP contribution in [-0.4, -0.2) is 15.9 Å². The zero-order valence-electron chi connectivity index (χ0n) is 11.1. The number of hydrogen-bond donors (Lipinski definition) is 1. The summed E-state index contributed by atoms with van der Waals surface area (Å²) in [6.07, 6.45) is 3.24. The lowest BCUT2D eigenvalue weighted by Gasteiger charge is -2.06. The second kappa shape index (κ2) is 5.89. The van der Waals surface area contributed by atoms with Crippen LogP contribution in [0.15, 0.2) is 54.9 Å². The van der Waals surface area contributed by atoms with Crippen LogP contribution in [0, 0.1) is 0 Å². The van der Waals surface area contributed by atoms with Crippen LogP contribution in [0.1, 0.15) is 15.9 Å². The maximum atomic E-state index is 12.1.